The molecule has 3 N–H and O–H groups in total. The van der Waals surface area contributed by atoms with E-state index in [2.05, 4.69) is 25.5 Å². The van der Waals surface area contributed by atoms with Gasteiger partial charge in [0.1, 0.15) is 5.82 Å². The van der Waals surface area contributed by atoms with E-state index in [0.29, 0.717) is 0 Å². The molecule has 0 aliphatic carbocycles. The molecule has 0 unspecified atom stereocenters. The summed E-state index contributed by atoms with van der Waals surface area (Å²) < 4.78 is 0. The van der Waals surface area contributed by atoms with Gasteiger partial charge in [0, 0.05) is 11.4 Å². The van der Waals surface area contributed by atoms with E-state index in [-0.39, 0.29) is 17.5 Å². The Morgan fingerprint density at radius 1 is 1.17 bits per heavy atom. The van der Waals surface area contributed by atoms with E-state index < -0.39 is 5.91 Å². The standard InChI is InChI=1S/C11H12N6O/c1-6-5-7(2)14-11(13-6)15-10(18)8-3-4-9(12)17-16-8/h3-5H,1-2H3,(H2,12,17)(H,13,14,15,18). The fourth-order valence-electron chi connectivity index (χ4n) is 1.41. The van der Waals surface area contributed by atoms with Crippen molar-refractivity contribution in [3.63, 3.8) is 0 Å². The number of nitrogens with one attached hydrogen (secondary N) is 1. The third-order valence-electron chi connectivity index (χ3n) is 2.13. The van der Waals surface area contributed by atoms with Crippen LogP contribution in [0, 0.1) is 13.8 Å². The maximum atomic E-state index is 11.8. The summed E-state index contributed by atoms with van der Waals surface area (Å²) >= 11 is 0. The van der Waals surface area contributed by atoms with Crippen LogP contribution in [0.2, 0.25) is 0 Å². The summed E-state index contributed by atoms with van der Waals surface area (Å²) in [6.07, 6.45) is 0. The van der Waals surface area contributed by atoms with E-state index in [1.54, 1.807) is 0 Å². The summed E-state index contributed by atoms with van der Waals surface area (Å²) in [7, 11) is 0. The predicted molar refractivity (Wildman–Crippen MR) is 65.9 cm³/mol. The monoisotopic (exact) mass is 244 g/mol. The third kappa shape index (κ3) is 2.76. The van der Waals surface area contributed by atoms with Crippen molar-refractivity contribution in [2.45, 2.75) is 13.8 Å². The molecule has 0 bridgehead atoms. The lowest BCUT2D eigenvalue weighted by Gasteiger charge is -2.04. The molecule has 2 rings (SSSR count). The summed E-state index contributed by atoms with van der Waals surface area (Å²) in [6.45, 7) is 3.65. The number of anilines is 2. The predicted octanol–water partition coefficient (Wildman–Crippen LogP) is 0.718. The number of aromatic nitrogens is 4. The Balaban J connectivity index is 2.18. The molecule has 0 aliphatic heterocycles. The Bertz CT molecular complexity index is 560. The fourth-order valence-corrected chi connectivity index (χ4v) is 1.41. The molecule has 0 saturated heterocycles. The zero-order valence-electron chi connectivity index (χ0n) is 10.0. The van der Waals surface area contributed by atoms with Crippen LogP contribution in [-0.4, -0.2) is 26.1 Å². The Morgan fingerprint density at radius 2 is 1.83 bits per heavy atom. The van der Waals surface area contributed by atoms with E-state index >= 15 is 0 Å². The number of nitrogen functional groups attached to an aromatic ring is 1. The van der Waals surface area contributed by atoms with Crippen molar-refractivity contribution in [2.75, 3.05) is 11.1 Å². The van der Waals surface area contributed by atoms with E-state index in [1.165, 1.54) is 12.1 Å². The first-order valence-electron chi connectivity index (χ1n) is 5.27. The van der Waals surface area contributed by atoms with Crippen LogP contribution in [0.3, 0.4) is 0 Å². The molecule has 0 saturated carbocycles. The number of aryl methyl sites for hydroxylation is 2. The Morgan fingerprint density at radius 3 is 2.39 bits per heavy atom. The lowest BCUT2D eigenvalue weighted by molar-refractivity contribution is 0.102. The van der Waals surface area contributed by atoms with Gasteiger partial charge in [-0.2, -0.15) is 0 Å². The molecular weight excluding hydrogens is 232 g/mol. The highest BCUT2D eigenvalue weighted by Crippen LogP contribution is 2.05. The van der Waals surface area contributed by atoms with Gasteiger partial charge in [-0.1, -0.05) is 0 Å². The normalized spacial score (nSPS) is 10.1. The van der Waals surface area contributed by atoms with E-state index in [0.717, 1.165) is 11.4 Å². The van der Waals surface area contributed by atoms with Gasteiger partial charge in [0.05, 0.1) is 0 Å². The lowest BCUT2D eigenvalue weighted by atomic mass is 10.3. The zero-order valence-corrected chi connectivity index (χ0v) is 10.0. The van der Waals surface area contributed by atoms with Crippen molar-refractivity contribution < 1.29 is 4.79 Å². The number of hydrogen-bond donors (Lipinski definition) is 2. The third-order valence-corrected chi connectivity index (χ3v) is 2.13. The van der Waals surface area contributed by atoms with Gasteiger partial charge >= 0.3 is 0 Å². The summed E-state index contributed by atoms with van der Waals surface area (Å²) in [4.78, 5) is 20.0. The molecule has 0 radical (unpaired) electrons. The van der Waals surface area contributed by atoms with Crippen LogP contribution in [0.1, 0.15) is 21.9 Å². The van der Waals surface area contributed by atoms with Crippen LogP contribution >= 0.6 is 0 Å². The molecule has 1 amide bonds. The number of rotatable bonds is 2. The average molecular weight is 244 g/mol. The van der Waals surface area contributed by atoms with Gasteiger partial charge in [-0.25, -0.2) is 9.97 Å². The first-order valence-corrected chi connectivity index (χ1v) is 5.27. The molecule has 7 heteroatoms. The van der Waals surface area contributed by atoms with E-state index in [9.17, 15) is 4.79 Å². The number of nitrogens with two attached hydrogens (primary N) is 1. The molecule has 0 aromatic carbocycles. The van der Waals surface area contributed by atoms with Crippen LogP contribution in [0.15, 0.2) is 18.2 Å². The van der Waals surface area contributed by atoms with Crippen LogP contribution in [0.4, 0.5) is 11.8 Å². The summed E-state index contributed by atoms with van der Waals surface area (Å²) in [5.74, 6) is 0.0813. The van der Waals surface area contributed by atoms with Crippen molar-refractivity contribution in [2.24, 2.45) is 0 Å². The van der Waals surface area contributed by atoms with Crippen molar-refractivity contribution in [1.29, 1.82) is 0 Å². The lowest BCUT2D eigenvalue weighted by Crippen LogP contribution is -2.17. The van der Waals surface area contributed by atoms with Gasteiger partial charge < -0.3 is 5.73 Å². The Labute approximate surface area is 103 Å². The smallest absolute Gasteiger partial charge is 0.278 e. The van der Waals surface area contributed by atoms with E-state index in [4.69, 9.17) is 5.73 Å². The van der Waals surface area contributed by atoms with Crippen molar-refractivity contribution in [3.05, 3.63) is 35.3 Å². The Kier molecular flexibility index (Phi) is 3.13. The quantitative estimate of drug-likeness (QED) is 0.806. The molecule has 2 aromatic heterocycles. The molecule has 2 aromatic rings. The number of carbonyl (C=O) groups is 1. The van der Waals surface area contributed by atoms with Crippen molar-refractivity contribution in [3.8, 4) is 0 Å². The van der Waals surface area contributed by atoms with Gasteiger partial charge in [0.2, 0.25) is 5.95 Å². The minimum Gasteiger partial charge on any atom is -0.382 e. The first-order chi connectivity index (χ1) is 8.54. The van der Waals surface area contributed by atoms with Gasteiger partial charge in [0.15, 0.2) is 5.69 Å². The molecule has 0 fully saturated rings. The molecule has 7 nitrogen and oxygen atoms in total. The Hall–Kier alpha value is -2.57. The number of amides is 1. The molecule has 2 heterocycles. The number of hydrogen-bond acceptors (Lipinski definition) is 6. The van der Waals surface area contributed by atoms with Gasteiger partial charge in [-0.3, -0.25) is 10.1 Å². The SMILES string of the molecule is Cc1cc(C)nc(NC(=O)c2ccc(N)nn2)n1. The molecule has 0 atom stereocenters. The minimum atomic E-state index is -0.424. The van der Waals surface area contributed by atoms with Crippen LogP contribution in [0.5, 0.6) is 0 Å². The number of carbonyl (C=O) groups excluding carboxylic acids is 1. The second-order valence-corrected chi connectivity index (χ2v) is 3.77. The minimum absolute atomic E-state index is 0.159. The molecular formula is C11H12N6O. The maximum Gasteiger partial charge on any atom is 0.278 e. The van der Waals surface area contributed by atoms with E-state index in [1.807, 2.05) is 19.9 Å². The molecule has 18 heavy (non-hydrogen) atoms. The van der Waals surface area contributed by atoms with Crippen molar-refractivity contribution >= 4 is 17.7 Å². The van der Waals surface area contributed by atoms with Gasteiger partial charge in [-0.15, -0.1) is 10.2 Å². The highest BCUT2D eigenvalue weighted by Gasteiger charge is 2.10. The maximum absolute atomic E-state index is 11.8. The summed E-state index contributed by atoms with van der Waals surface area (Å²) in [5, 5.41) is 9.83. The molecule has 0 spiro atoms. The first kappa shape index (κ1) is 11.9. The molecule has 0 aliphatic rings. The second-order valence-electron chi connectivity index (χ2n) is 3.77. The van der Waals surface area contributed by atoms with Crippen LogP contribution < -0.4 is 11.1 Å². The molecule has 92 valence electrons. The van der Waals surface area contributed by atoms with Crippen LogP contribution in [0.25, 0.3) is 0 Å². The summed E-state index contributed by atoms with van der Waals surface area (Å²) in [5.41, 5.74) is 7.11. The number of nitrogens with zero attached hydrogens (tertiary/aromatic N) is 4. The summed E-state index contributed by atoms with van der Waals surface area (Å²) in [6, 6.07) is 4.81. The zero-order chi connectivity index (χ0) is 13.1. The highest BCUT2D eigenvalue weighted by atomic mass is 16.2. The van der Waals surface area contributed by atoms with Crippen LogP contribution in [-0.2, 0) is 0 Å². The van der Waals surface area contributed by atoms with Gasteiger partial charge in [-0.05, 0) is 32.0 Å². The fraction of sp³-hybridized carbons (Fsp3) is 0.182. The average Bonchev–Trinajstić information content (AvgIpc) is 2.28. The van der Waals surface area contributed by atoms with Crippen molar-refractivity contribution in [1.82, 2.24) is 20.2 Å². The highest BCUT2D eigenvalue weighted by molar-refractivity contribution is 6.01. The topological polar surface area (TPSA) is 107 Å². The second kappa shape index (κ2) is 4.74. The van der Waals surface area contributed by atoms with Gasteiger partial charge in [0.25, 0.3) is 5.91 Å². The largest absolute Gasteiger partial charge is 0.382 e.